The van der Waals surface area contributed by atoms with Gasteiger partial charge in [-0.05, 0) is 18.8 Å². The smallest absolute Gasteiger partial charge is 0.0244 e. The van der Waals surface area contributed by atoms with Gasteiger partial charge in [0.1, 0.15) is 0 Å². The van der Waals surface area contributed by atoms with Crippen LogP contribution in [0.3, 0.4) is 0 Å². The minimum Gasteiger partial charge on any atom is -0.311 e. The van der Waals surface area contributed by atoms with Gasteiger partial charge in [0.2, 0.25) is 0 Å². The van der Waals surface area contributed by atoms with E-state index in [1.54, 1.807) is 0 Å². The molecule has 2 nitrogen and oxygen atoms in total. The molecule has 0 aromatic heterocycles. The van der Waals surface area contributed by atoms with Crippen LogP contribution in [0.25, 0.3) is 0 Å². The third-order valence-corrected chi connectivity index (χ3v) is 3.15. The lowest BCUT2D eigenvalue weighted by molar-refractivity contribution is 0.136. The van der Waals surface area contributed by atoms with Crippen molar-refractivity contribution < 1.29 is 0 Å². The number of hydrogen-bond acceptors (Lipinski definition) is 2. The Morgan fingerprint density at radius 2 is 2.13 bits per heavy atom. The van der Waals surface area contributed by atoms with Crippen molar-refractivity contribution in [3.63, 3.8) is 0 Å². The fourth-order valence-corrected chi connectivity index (χ4v) is 2.02. The monoisotopic (exact) mass is 210 g/mol. The Labute approximate surface area is 94.7 Å². The van der Waals surface area contributed by atoms with Crippen molar-refractivity contribution in [2.24, 2.45) is 5.41 Å². The summed E-state index contributed by atoms with van der Waals surface area (Å²) in [6, 6.07) is 0.636. The number of nitrogens with zero attached hydrogens (tertiary/aromatic N) is 1. The van der Waals surface area contributed by atoms with Crippen LogP contribution in [0.15, 0.2) is 12.2 Å². The highest BCUT2D eigenvalue weighted by Crippen LogP contribution is 2.21. The zero-order valence-corrected chi connectivity index (χ0v) is 10.7. The Morgan fingerprint density at radius 3 is 2.73 bits per heavy atom. The maximum Gasteiger partial charge on any atom is 0.0244 e. The quantitative estimate of drug-likeness (QED) is 0.719. The Hall–Kier alpha value is -0.340. The van der Waals surface area contributed by atoms with Gasteiger partial charge in [-0.2, -0.15) is 0 Å². The fraction of sp³-hybridized carbons (Fsp3) is 0.846. The molecule has 1 fully saturated rings. The van der Waals surface area contributed by atoms with Gasteiger partial charge < -0.3 is 10.2 Å². The van der Waals surface area contributed by atoms with E-state index in [9.17, 15) is 0 Å². The van der Waals surface area contributed by atoms with E-state index in [1.807, 2.05) is 0 Å². The molecular weight excluding hydrogens is 184 g/mol. The van der Waals surface area contributed by atoms with Gasteiger partial charge in [-0.15, -0.1) is 0 Å². The lowest BCUT2D eigenvalue weighted by atomic mass is 9.85. The molecule has 0 radical (unpaired) electrons. The lowest BCUT2D eigenvalue weighted by Gasteiger charge is -2.40. The highest BCUT2D eigenvalue weighted by molar-refractivity contribution is 4.88. The predicted molar refractivity (Wildman–Crippen MR) is 67.1 cm³/mol. The van der Waals surface area contributed by atoms with Crippen LogP contribution >= 0.6 is 0 Å². The zero-order valence-electron chi connectivity index (χ0n) is 10.7. The maximum absolute atomic E-state index is 3.62. The highest BCUT2D eigenvalue weighted by atomic mass is 15.2. The Kier molecular flexibility index (Phi) is 4.81. The molecule has 2 heteroatoms. The number of nitrogens with one attached hydrogen (secondary N) is 1. The molecule has 15 heavy (non-hydrogen) atoms. The summed E-state index contributed by atoms with van der Waals surface area (Å²) in [5, 5.41) is 3.62. The van der Waals surface area contributed by atoms with Gasteiger partial charge in [-0.1, -0.05) is 32.9 Å². The molecular formula is C13H26N2. The number of rotatable bonds is 3. The lowest BCUT2D eigenvalue weighted by Crippen LogP contribution is -2.55. The first-order valence-corrected chi connectivity index (χ1v) is 6.11. The molecule has 0 amide bonds. The van der Waals surface area contributed by atoms with Crippen molar-refractivity contribution >= 4 is 0 Å². The van der Waals surface area contributed by atoms with Crippen LogP contribution < -0.4 is 5.32 Å². The van der Waals surface area contributed by atoms with Crippen molar-refractivity contribution in [2.45, 2.75) is 40.2 Å². The van der Waals surface area contributed by atoms with E-state index in [1.165, 1.54) is 26.1 Å². The molecule has 0 aromatic carbocycles. The zero-order chi connectivity index (χ0) is 11.3. The summed E-state index contributed by atoms with van der Waals surface area (Å²) in [4.78, 5) is 2.58. The van der Waals surface area contributed by atoms with E-state index in [-0.39, 0.29) is 0 Å². The SMILES string of the molecule is C/C=C/CCN1CCNC(C(C)(C)C)C1. The number of hydrogen-bond donors (Lipinski definition) is 1. The molecule has 0 aliphatic carbocycles. The van der Waals surface area contributed by atoms with Gasteiger partial charge in [0, 0.05) is 32.2 Å². The van der Waals surface area contributed by atoms with Gasteiger partial charge >= 0.3 is 0 Å². The van der Waals surface area contributed by atoms with Crippen LogP contribution in [0.1, 0.15) is 34.1 Å². The van der Waals surface area contributed by atoms with Crippen LogP contribution in [0.4, 0.5) is 0 Å². The highest BCUT2D eigenvalue weighted by Gasteiger charge is 2.28. The van der Waals surface area contributed by atoms with E-state index in [0.29, 0.717) is 11.5 Å². The second kappa shape index (κ2) is 5.66. The molecule has 1 aliphatic heterocycles. The van der Waals surface area contributed by atoms with Crippen molar-refractivity contribution in [3.8, 4) is 0 Å². The molecule has 0 aromatic rings. The van der Waals surface area contributed by atoms with Gasteiger partial charge in [-0.25, -0.2) is 0 Å². The van der Waals surface area contributed by atoms with E-state index in [2.05, 4.69) is 50.1 Å². The van der Waals surface area contributed by atoms with E-state index in [4.69, 9.17) is 0 Å². The maximum atomic E-state index is 3.62. The average Bonchev–Trinajstić information content (AvgIpc) is 2.17. The number of piperazine rings is 1. The molecule has 0 spiro atoms. The molecule has 1 heterocycles. The van der Waals surface area contributed by atoms with Crippen LogP contribution in [0.5, 0.6) is 0 Å². The van der Waals surface area contributed by atoms with Crippen LogP contribution in [0, 0.1) is 5.41 Å². The molecule has 1 unspecified atom stereocenters. The summed E-state index contributed by atoms with van der Waals surface area (Å²) in [6.07, 6.45) is 5.59. The summed E-state index contributed by atoms with van der Waals surface area (Å²) >= 11 is 0. The fourth-order valence-electron chi connectivity index (χ4n) is 2.02. The third-order valence-electron chi connectivity index (χ3n) is 3.15. The van der Waals surface area contributed by atoms with Gasteiger partial charge in [0.25, 0.3) is 0 Å². The van der Waals surface area contributed by atoms with E-state index < -0.39 is 0 Å². The van der Waals surface area contributed by atoms with Gasteiger partial charge in [0.05, 0.1) is 0 Å². The van der Waals surface area contributed by atoms with Crippen LogP contribution in [0.2, 0.25) is 0 Å². The van der Waals surface area contributed by atoms with E-state index >= 15 is 0 Å². The summed E-state index contributed by atoms with van der Waals surface area (Å²) < 4.78 is 0. The topological polar surface area (TPSA) is 15.3 Å². The number of allylic oxidation sites excluding steroid dienone is 1. The van der Waals surface area contributed by atoms with Gasteiger partial charge in [-0.3, -0.25) is 0 Å². The standard InChI is InChI=1S/C13H26N2/c1-5-6-7-9-15-10-8-14-12(11-15)13(2,3)4/h5-6,12,14H,7-11H2,1-4H3/b6-5+. The molecule has 1 aliphatic rings. The van der Waals surface area contributed by atoms with E-state index in [0.717, 1.165) is 6.54 Å². The summed E-state index contributed by atoms with van der Waals surface area (Å²) in [5.41, 5.74) is 0.374. The average molecular weight is 210 g/mol. The third kappa shape index (κ3) is 4.35. The Morgan fingerprint density at radius 1 is 1.40 bits per heavy atom. The van der Waals surface area contributed by atoms with Gasteiger partial charge in [0.15, 0.2) is 0 Å². The first kappa shape index (κ1) is 12.7. The van der Waals surface area contributed by atoms with Crippen molar-refractivity contribution in [1.82, 2.24) is 10.2 Å². The minimum atomic E-state index is 0.374. The molecule has 1 N–H and O–H groups in total. The largest absolute Gasteiger partial charge is 0.311 e. The summed E-state index contributed by atoms with van der Waals surface area (Å²) in [6.45, 7) is 13.8. The summed E-state index contributed by atoms with van der Waals surface area (Å²) in [7, 11) is 0. The van der Waals surface area contributed by atoms with Crippen LogP contribution in [-0.4, -0.2) is 37.1 Å². The molecule has 0 saturated carbocycles. The molecule has 88 valence electrons. The Balaban J connectivity index is 2.35. The molecule has 1 atom stereocenters. The Bertz CT molecular complexity index is 203. The van der Waals surface area contributed by atoms with Crippen molar-refractivity contribution in [2.75, 3.05) is 26.2 Å². The first-order chi connectivity index (χ1) is 7.04. The minimum absolute atomic E-state index is 0.374. The summed E-state index contributed by atoms with van der Waals surface area (Å²) in [5.74, 6) is 0. The normalized spacial score (nSPS) is 24.9. The molecule has 0 bridgehead atoms. The van der Waals surface area contributed by atoms with Crippen LogP contribution in [-0.2, 0) is 0 Å². The second-order valence-electron chi connectivity index (χ2n) is 5.53. The second-order valence-corrected chi connectivity index (χ2v) is 5.53. The first-order valence-electron chi connectivity index (χ1n) is 6.11. The van der Waals surface area contributed by atoms with Crippen molar-refractivity contribution in [3.05, 3.63) is 12.2 Å². The van der Waals surface area contributed by atoms with Crippen molar-refractivity contribution in [1.29, 1.82) is 0 Å². The molecule has 1 saturated heterocycles. The predicted octanol–water partition coefficient (Wildman–Crippen LogP) is 2.27. The molecule has 1 rings (SSSR count).